The van der Waals surface area contributed by atoms with E-state index in [0.717, 1.165) is 24.2 Å². The molecular weight excluding hydrogens is 228 g/mol. The van der Waals surface area contributed by atoms with Gasteiger partial charge in [0.25, 0.3) is 0 Å². The van der Waals surface area contributed by atoms with Gasteiger partial charge in [0.15, 0.2) is 0 Å². The first-order valence-corrected chi connectivity index (χ1v) is 6.43. The third-order valence-electron chi connectivity index (χ3n) is 3.68. The number of amides is 1. The van der Waals surface area contributed by atoms with E-state index in [4.69, 9.17) is 4.74 Å². The fourth-order valence-electron chi connectivity index (χ4n) is 2.61. The highest BCUT2D eigenvalue weighted by Crippen LogP contribution is 2.39. The maximum atomic E-state index is 12.2. The SMILES string of the molecule is COc1ccccc1C1NC(C)C(=O)N1C1CC1. The van der Waals surface area contributed by atoms with Gasteiger partial charge in [0.2, 0.25) is 5.91 Å². The number of rotatable bonds is 3. The topological polar surface area (TPSA) is 41.6 Å². The van der Waals surface area contributed by atoms with Crippen molar-refractivity contribution in [3.05, 3.63) is 29.8 Å². The second-order valence-corrected chi connectivity index (χ2v) is 5.01. The molecule has 1 saturated heterocycles. The summed E-state index contributed by atoms with van der Waals surface area (Å²) in [4.78, 5) is 14.2. The van der Waals surface area contributed by atoms with Gasteiger partial charge in [-0.25, -0.2) is 0 Å². The molecule has 1 aromatic carbocycles. The van der Waals surface area contributed by atoms with Crippen LogP contribution in [0.1, 0.15) is 31.5 Å². The first-order valence-electron chi connectivity index (χ1n) is 6.43. The summed E-state index contributed by atoms with van der Waals surface area (Å²) in [6.45, 7) is 1.92. The number of nitrogens with zero attached hydrogens (tertiary/aromatic N) is 1. The molecule has 2 fully saturated rings. The lowest BCUT2D eigenvalue weighted by molar-refractivity contribution is -0.130. The van der Waals surface area contributed by atoms with Gasteiger partial charge in [-0.3, -0.25) is 10.1 Å². The summed E-state index contributed by atoms with van der Waals surface area (Å²) in [5.74, 6) is 1.04. The molecule has 1 N–H and O–H groups in total. The lowest BCUT2D eigenvalue weighted by Crippen LogP contribution is -2.32. The van der Waals surface area contributed by atoms with E-state index in [1.807, 2.05) is 36.1 Å². The molecule has 1 aromatic rings. The van der Waals surface area contributed by atoms with E-state index in [9.17, 15) is 4.79 Å². The number of carbonyl (C=O) groups is 1. The van der Waals surface area contributed by atoms with E-state index < -0.39 is 0 Å². The van der Waals surface area contributed by atoms with E-state index in [-0.39, 0.29) is 18.1 Å². The molecule has 4 heteroatoms. The van der Waals surface area contributed by atoms with Crippen molar-refractivity contribution < 1.29 is 9.53 Å². The number of nitrogens with one attached hydrogen (secondary N) is 1. The first kappa shape index (κ1) is 11.5. The van der Waals surface area contributed by atoms with E-state index in [1.165, 1.54) is 0 Å². The highest BCUT2D eigenvalue weighted by molar-refractivity contribution is 5.85. The summed E-state index contributed by atoms with van der Waals surface area (Å²) in [7, 11) is 1.67. The van der Waals surface area contributed by atoms with Gasteiger partial charge in [0.05, 0.1) is 13.2 Å². The molecule has 1 amide bonds. The van der Waals surface area contributed by atoms with Crippen LogP contribution in [0.15, 0.2) is 24.3 Å². The predicted molar refractivity (Wildman–Crippen MR) is 68.2 cm³/mol. The summed E-state index contributed by atoms with van der Waals surface area (Å²) >= 11 is 0. The van der Waals surface area contributed by atoms with E-state index >= 15 is 0 Å². The minimum Gasteiger partial charge on any atom is -0.496 e. The lowest BCUT2D eigenvalue weighted by Gasteiger charge is -2.25. The van der Waals surface area contributed by atoms with Crippen molar-refractivity contribution in [2.24, 2.45) is 0 Å². The van der Waals surface area contributed by atoms with Crippen molar-refractivity contribution in [1.82, 2.24) is 10.2 Å². The zero-order valence-corrected chi connectivity index (χ0v) is 10.7. The minimum absolute atomic E-state index is 0.0452. The zero-order valence-electron chi connectivity index (χ0n) is 10.7. The van der Waals surface area contributed by atoms with Crippen molar-refractivity contribution >= 4 is 5.91 Å². The van der Waals surface area contributed by atoms with E-state index in [2.05, 4.69) is 5.32 Å². The zero-order chi connectivity index (χ0) is 12.7. The van der Waals surface area contributed by atoms with Gasteiger partial charge in [-0.15, -0.1) is 0 Å². The number of carbonyl (C=O) groups excluding carboxylic acids is 1. The van der Waals surface area contributed by atoms with Gasteiger partial charge in [-0.05, 0) is 25.8 Å². The van der Waals surface area contributed by atoms with Gasteiger partial charge in [-0.2, -0.15) is 0 Å². The number of para-hydroxylation sites is 1. The normalized spacial score (nSPS) is 27.7. The number of methoxy groups -OCH3 is 1. The van der Waals surface area contributed by atoms with Crippen LogP contribution in [0.25, 0.3) is 0 Å². The largest absolute Gasteiger partial charge is 0.496 e. The molecular formula is C14H18N2O2. The van der Waals surface area contributed by atoms with E-state index in [1.54, 1.807) is 7.11 Å². The van der Waals surface area contributed by atoms with Crippen molar-refractivity contribution in [2.45, 2.75) is 38.0 Å². The van der Waals surface area contributed by atoms with Crippen LogP contribution in [0.4, 0.5) is 0 Å². The lowest BCUT2D eigenvalue weighted by atomic mass is 10.1. The molecule has 1 saturated carbocycles. The fraction of sp³-hybridized carbons (Fsp3) is 0.500. The Bertz CT molecular complexity index is 471. The summed E-state index contributed by atoms with van der Waals surface area (Å²) in [5.41, 5.74) is 1.05. The Balaban J connectivity index is 1.97. The van der Waals surface area contributed by atoms with Crippen LogP contribution in [0.5, 0.6) is 5.75 Å². The van der Waals surface area contributed by atoms with Gasteiger partial charge >= 0.3 is 0 Å². The maximum absolute atomic E-state index is 12.2. The van der Waals surface area contributed by atoms with E-state index in [0.29, 0.717) is 6.04 Å². The second-order valence-electron chi connectivity index (χ2n) is 5.01. The van der Waals surface area contributed by atoms with Crippen LogP contribution in [0.2, 0.25) is 0 Å². The third kappa shape index (κ3) is 1.77. The van der Waals surface area contributed by atoms with Gasteiger partial charge in [0.1, 0.15) is 11.9 Å². The van der Waals surface area contributed by atoms with Crippen molar-refractivity contribution in [2.75, 3.05) is 7.11 Å². The Morgan fingerprint density at radius 2 is 2.06 bits per heavy atom. The Morgan fingerprint density at radius 3 is 2.72 bits per heavy atom. The van der Waals surface area contributed by atoms with Crippen molar-refractivity contribution in [3.8, 4) is 5.75 Å². The molecule has 1 aliphatic carbocycles. The average molecular weight is 246 g/mol. The molecule has 1 heterocycles. The number of hydrogen-bond acceptors (Lipinski definition) is 3. The first-order chi connectivity index (χ1) is 8.72. The molecule has 0 spiro atoms. The highest BCUT2D eigenvalue weighted by atomic mass is 16.5. The molecule has 2 aliphatic rings. The fourth-order valence-corrected chi connectivity index (χ4v) is 2.61. The quantitative estimate of drug-likeness (QED) is 0.882. The van der Waals surface area contributed by atoms with Gasteiger partial charge < -0.3 is 9.64 Å². The van der Waals surface area contributed by atoms with Crippen LogP contribution in [0, 0.1) is 0 Å². The summed E-state index contributed by atoms with van der Waals surface area (Å²) in [5, 5.41) is 3.36. The average Bonchev–Trinajstić information content (AvgIpc) is 3.18. The van der Waals surface area contributed by atoms with Crippen molar-refractivity contribution in [3.63, 3.8) is 0 Å². The van der Waals surface area contributed by atoms with Crippen LogP contribution < -0.4 is 10.1 Å². The Labute approximate surface area is 107 Å². The van der Waals surface area contributed by atoms with Crippen LogP contribution >= 0.6 is 0 Å². The Morgan fingerprint density at radius 1 is 1.33 bits per heavy atom. The number of benzene rings is 1. The Hall–Kier alpha value is -1.55. The molecule has 4 nitrogen and oxygen atoms in total. The molecule has 2 unspecified atom stereocenters. The summed E-state index contributed by atoms with van der Waals surface area (Å²) in [6.07, 6.45) is 2.19. The second kappa shape index (κ2) is 4.28. The molecule has 96 valence electrons. The standard InChI is InChI=1S/C14H18N2O2/c1-9-14(17)16(10-7-8-10)13(15-9)11-5-3-4-6-12(11)18-2/h3-6,9-10,13,15H,7-8H2,1-2H3. The Kier molecular flexibility index (Phi) is 2.74. The third-order valence-corrected chi connectivity index (χ3v) is 3.68. The molecule has 1 aliphatic heterocycles. The minimum atomic E-state index is -0.111. The molecule has 0 aromatic heterocycles. The summed E-state index contributed by atoms with van der Waals surface area (Å²) < 4.78 is 5.40. The van der Waals surface area contributed by atoms with Gasteiger partial charge in [0, 0.05) is 11.6 Å². The predicted octanol–water partition coefficient (Wildman–Crippen LogP) is 1.68. The van der Waals surface area contributed by atoms with Crippen LogP contribution in [-0.2, 0) is 4.79 Å². The van der Waals surface area contributed by atoms with Crippen LogP contribution in [-0.4, -0.2) is 30.0 Å². The maximum Gasteiger partial charge on any atom is 0.241 e. The smallest absolute Gasteiger partial charge is 0.241 e. The summed E-state index contributed by atoms with van der Waals surface area (Å²) in [6, 6.07) is 8.19. The molecule has 3 rings (SSSR count). The van der Waals surface area contributed by atoms with Gasteiger partial charge in [-0.1, -0.05) is 18.2 Å². The van der Waals surface area contributed by atoms with Crippen LogP contribution in [0.3, 0.4) is 0 Å². The molecule has 0 bridgehead atoms. The number of ether oxygens (including phenoxy) is 1. The molecule has 18 heavy (non-hydrogen) atoms. The molecule has 2 atom stereocenters. The monoisotopic (exact) mass is 246 g/mol. The highest BCUT2D eigenvalue weighted by Gasteiger charge is 2.45. The van der Waals surface area contributed by atoms with Crippen molar-refractivity contribution in [1.29, 1.82) is 0 Å². The number of hydrogen-bond donors (Lipinski definition) is 1. The molecule has 0 radical (unpaired) electrons.